The lowest BCUT2D eigenvalue weighted by molar-refractivity contribution is -0.220. The smallest absolute Gasteiger partial charge is 0.427 e. The van der Waals surface area contributed by atoms with Crippen LogP contribution in [0.2, 0.25) is 0 Å². The van der Waals surface area contributed by atoms with Crippen molar-refractivity contribution in [2.24, 2.45) is 0 Å². The first-order valence-electron chi connectivity index (χ1n) is 11.6. The molecule has 10 heteroatoms. The van der Waals surface area contributed by atoms with Gasteiger partial charge in [-0.2, -0.15) is 13.2 Å². The van der Waals surface area contributed by atoms with Crippen molar-refractivity contribution >= 4 is 6.09 Å². The van der Waals surface area contributed by atoms with Crippen molar-refractivity contribution in [1.82, 2.24) is 9.88 Å². The van der Waals surface area contributed by atoms with Gasteiger partial charge >= 0.3 is 12.3 Å². The quantitative estimate of drug-likeness (QED) is 0.555. The standard InChI is InChI=1S/C25H29F3N2O5/c1-32-20-7-5-18(6-8-20)15-33-17-22(25(26,27)28)35-23(31)30-12-9-24(10-13-30)14-19(16-34-24)21-4-2-3-11-29-21/h2-8,11,19,22H,9-10,12-17H2,1H3. The maximum Gasteiger partial charge on any atom is 0.427 e. The molecule has 1 amide bonds. The van der Waals surface area contributed by atoms with E-state index in [0.717, 1.165) is 12.1 Å². The topological polar surface area (TPSA) is 70.1 Å². The van der Waals surface area contributed by atoms with E-state index in [2.05, 4.69) is 4.98 Å². The Labute approximate surface area is 202 Å². The number of nitrogens with zero attached hydrogens (tertiary/aromatic N) is 2. The minimum Gasteiger partial charge on any atom is -0.497 e. The molecule has 0 aliphatic carbocycles. The predicted molar refractivity (Wildman–Crippen MR) is 120 cm³/mol. The van der Waals surface area contributed by atoms with E-state index in [1.54, 1.807) is 30.5 Å². The van der Waals surface area contributed by atoms with E-state index in [1.165, 1.54) is 12.0 Å². The van der Waals surface area contributed by atoms with Crippen molar-refractivity contribution in [2.45, 2.75) is 49.7 Å². The maximum atomic E-state index is 13.5. The van der Waals surface area contributed by atoms with Gasteiger partial charge in [0.2, 0.25) is 6.10 Å². The Kier molecular flexibility index (Phi) is 7.81. The summed E-state index contributed by atoms with van der Waals surface area (Å²) >= 11 is 0. The largest absolute Gasteiger partial charge is 0.497 e. The van der Waals surface area contributed by atoms with Gasteiger partial charge in [0.25, 0.3) is 0 Å². The SMILES string of the molecule is COc1ccc(COCC(OC(=O)N2CCC3(CC2)CC(c2ccccn2)CO3)C(F)(F)F)cc1. The fraction of sp³-hybridized carbons (Fsp3) is 0.520. The van der Waals surface area contributed by atoms with Crippen molar-refractivity contribution < 1.29 is 36.9 Å². The van der Waals surface area contributed by atoms with Crippen LogP contribution in [-0.4, -0.2) is 67.3 Å². The van der Waals surface area contributed by atoms with Gasteiger partial charge in [0.15, 0.2) is 0 Å². The molecule has 4 rings (SSSR count). The zero-order valence-electron chi connectivity index (χ0n) is 19.5. The van der Waals surface area contributed by atoms with Crippen LogP contribution in [0.5, 0.6) is 5.75 Å². The highest BCUT2D eigenvalue weighted by molar-refractivity contribution is 5.68. The van der Waals surface area contributed by atoms with Crippen LogP contribution in [0.25, 0.3) is 0 Å². The Hall–Kier alpha value is -2.85. The van der Waals surface area contributed by atoms with Gasteiger partial charge in [-0.3, -0.25) is 4.98 Å². The number of pyridine rings is 1. The van der Waals surface area contributed by atoms with Gasteiger partial charge in [0.1, 0.15) is 5.75 Å². The lowest BCUT2D eigenvalue weighted by atomic mass is 9.84. The highest BCUT2D eigenvalue weighted by atomic mass is 19.4. The Morgan fingerprint density at radius 2 is 1.94 bits per heavy atom. The molecular weight excluding hydrogens is 465 g/mol. The minimum atomic E-state index is -4.74. The first kappa shape index (κ1) is 25.2. The van der Waals surface area contributed by atoms with E-state index in [4.69, 9.17) is 18.9 Å². The number of benzene rings is 1. The van der Waals surface area contributed by atoms with Crippen LogP contribution in [0.1, 0.15) is 36.4 Å². The van der Waals surface area contributed by atoms with Crippen LogP contribution in [0, 0.1) is 0 Å². The number of amides is 1. The normalized spacial score (nSPS) is 20.6. The predicted octanol–water partition coefficient (Wildman–Crippen LogP) is 4.71. The Morgan fingerprint density at radius 3 is 2.57 bits per heavy atom. The molecular formula is C25H29F3N2O5. The molecule has 35 heavy (non-hydrogen) atoms. The number of halogens is 3. The summed E-state index contributed by atoms with van der Waals surface area (Å²) in [6.45, 7) is 0.252. The zero-order chi connectivity index (χ0) is 24.9. The molecule has 2 aliphatic rings. The first-order chi connectivity index (χ1) is 16.8. The van der Waals surface area contributed by atoms with Gasteiger partial charge < -0.3 is 23.8 Å². The van der Waals surface area contributed by atoms with Gasteiger partial charge in [-0.1, -0.05) is 18.2 Å². The third kappa shape index (κ3) is 6.43. The van der Waals surface area contributed by atoms with E-state index < -0.39 is 25.0 Å². The number of likely N-dealkylation sites (tertiary alicyclic amines) is 1. The summed E-state index contributed by atoms with van der Waals surface area (Å²) in [6, 6.07) is 12.5. The third-order valence-corrected chi connectivity index (χ3v) is 6.55. The number of aromatic nitrogens is 1. The maximum absolute atomic E-state index is 13.5. The molecule has 2 saturated heterocycles. The van der Waals surface area contributed by atoms with Gasteiger partial charge in [0.05, 0.1) is 32.5 Å². The number of alkyl halides is 3. The Balaban J connectivity index is 1.26. The molecule has 2 fully saturated rings. The second-order valence-electron chi connectivity index (χ2n) is 8.91. The van der Waals surface area contributed by atoms with Gasteiger partial charge in [-0.05, 0) is 49.1 Å². The van der Waals surface area contributed by atoms with Crippen molar-refractivity contribution in [2.75, 3.05) is 33.4 Å². The number of methoxy groups -OCH3 is 1. The molecule has 1 spiro atoms. The van der Waals surface area contributed by atoms with Crippen molar-refractivity contribution in [3.63, 3.8) is 0 Å². The molecule has 2 atom stereocenters. The summed E-state index contributed by atoms with van der Waals surface area (Å²) in [4.78, 5) is 18.2. The van der Waals surface area contributed by atoms with Crippen molar-refractivity contribution in [3.05, 3.63) is 59.9 Å². The van der Waals surface area contributed by atoms with E-state index in [0.29, 0.717) is 30.8 Å². The first-order valence-corrected chi connectivity index (χ1v) is 11.6. The Morgan fingerprint density at radius 1 is 1.20 bits per heavy atom. The zero-order valence-corrected chi connectivity index (χ0v) is 19.5. The summed E-state index contributed by atoms with van der Waals surface area (Å²) in [5.74, 6) is 0.807. The molecule has 1 aromatic carbocycles. The monoisotopic (exact) mass is 494 g/mol. The second kappa shape index (κ2) is 10.8. The van der Waals surface area contributed by atoms with Crippen LogP contribution in [0.3, 0.4) is 0 Å². The fourth-order valence-corrected chi connectivity index (χ4v) is 4.49. The number of hydrogen-bond donors (Lipinski definition) is 0. The van der Waals surface area contributed by atoms with Crippen LogP contribution >= 0.6 is 0 Å². The molecule has 0 N–H and O–H groups in total. The highest BCUT2D eigenvalue weighted by Crippen LogP contribution is 2.42. The number of carbonyl (C=O) groups is 1. The molecule has 2 aliphatic heterocycles. The summed E-state index contributed by atoms with van der Waals surface area (Å²) in [6.07, 6.45) is -4.48. The summed E-state index contributed by atoms with van der Waals surface area (Å²) in [7, 11) is 1.52. The van der Waals surface area contributed by atoms with Crippen LogP contribution in [0.4, 0.5) is 18.0 Å². The average Bonchev–Trinajstić information content (AvgIpc) is 3.27. The van der Waals surface area contributed by atoms with Crippen LogP contribution in [-0.2, 0) is 20.8 Å². The molecule has 7 nitrogen and oxygen atoms in total. The highest BCUT2D eigenvalue weighted by Gasteiger charge is 2.47. The number of carbonyl (C=O) groups excluding carboxylic acids is 1. The third-order valence-electron chi connectivity index (χ3n) is 6.55. The number of hydrogen-bond acceptors (Lipinski definition) is 6. The van der Waals surface area contributed by atoms with Crippen LogP contribution < -0.4 is 4.74 Å². The number of piperidine rings is 1. The van der Waals surface area contributed by atoms with E-state index in [-0.39, 0.29) is 31.2 Å². The summed E-state index contributed by atoms with van der Waals surface area (Å²) < 4.78 is 61.7. The second-order valence-corrected chi connectivity index (χ2v) is 8.91. The minimum absolute atomic E-state index is 0.0465. The number of ether oxygens (including phenoxy) is 4. The molecule has 0 radical (unpaired) electrons. The molecule has 3 heterocycles. The molecule has 0 bridgehead atoms. The fourth-order valence-electron chi connectivity index (χ4n) is 4.49. The van der Waals surface area contributed by atoms with Crippen LogP contribution in [0.15, 0.2) is 48.7 Å². The average molecular weight is 495 g/mol. The van der Waals surface area contributed by atoms with E-state index >= 15 is 0 Å². The lowest BCUT2D eigenvalue weighted by Gasteiger charge is -2.38. The molecule has 190 valence electrons. The number of rotatable bonds is 7. The Bertz CT molecular complexity index is 963. The van der Waals surface area contributed by atoms with Crippen molar-refractivity contribution in [3.8, 4) is 5.75 Å². The summed E-state index contributed by atoms with van der Waals surface area (Å²) in [5, 5.41) is 0. The lowest BCUT2D eigenvalue weighted by Crippen LogP contribution is -2.49. The van der Waals surface area contributed by atoms with E-state index in [1.807, 2.05) is 18.2 Å². The molecule has 1 aromatic heterocycles. The van der Waals surface area contributed by atoms with Gasteiger partial charge in [-0.25, -0.2) is 4.79 Å². The molecule has 0 saturated carbocycles. The molecule has 2 unspecified atom stereocenters. The van der Waals surface area contributed by atoms with E-state index in [9.17, 15) is 18.0 Å². The molecule has 2 aromatic rings. The van der Waals surface area contributed by atoms with Gasteiger partial charge in [-0.15, -0.1) is 0 Å². The van der Waals surface area contributed by atoms with Gasteiger partial charge in [0, 0.05) is 30.9 Å². The summed E-state index contributed by atoms with van der Waals surface area (Å²) in [5.41, 5.74) is 1.26. The van der Waals surface area contributed by atoms with Crippen molar-refractivity contribution in [1.29, 1.82) is 0 Å².